The Bertz CT molecular complexity index is 1210. The molecule has 0 aliphatic heterocycles. The number of hydrogen-bond acceptors (Lipinski definition) is 6. The van der Waals surface area contributed by atoms with Crippen LogP contribution in [0.3, 0.4) is 0 Å². The average Bonchev–Trinajstić information content (AvgIpc) is 3.33. The van der Waals surface area contributed by atoms with Gasteiger partial charge in [0.1, 0.15) is 11.3 Å². The van der Waals surface area contributed by atoms with E-state index >= 15 is 0 Å². The maximum atomic E-state index is 12.8. The first-order chi connectivity index (χ1) is 15.9. The van der Waals surface area contributed by atoms with E-state index in [4.69, 9.17) is 4.42 Å². The van der Waals surface area contributed by atoms with Gasteiger partial charge in [-0.25, -0.2) is 4.98 Å². The molecule has 1 saturated carbocycles. The number of ether oxygens (including phenoxy) is 1. The second kappa shape index (κ2) is 8.74. The summed E-state index contributed by atoms with van der Waals surface area (Å²) in [6.45, 7) is 3.72. The van der Waals surface area contributed by atoms with Crippen LogP contribution in [-0.4, -0.2) is 38.0 Å². The summed E-state index contributed by atoms with van der Waals surface area (Å²) in [5.41, 5.74) is -0.528. The number of imidazole rings is 1. The predicted octanol–water partition coefficient (Wildman–Crippen LogP) is 4.39. The van der Waals surface area contributed by atoms with Crippen LogP contribution >= 0.6 is 0 Å². The van der Waals surface area contributed by atoms with E-state index in [1.165, 1.54) is 6.20 Å². The molecule has 34 heavy (non-hydrogen) atoms. The van der Waals surface area contributed by atoms with Gasteiger partial charge in [-0.1, -0.05) is 6.58 Å². The summed E-state index contributed by atoms with van der Waals surface area (Å²) in [7, 11) is 0. The van der Waals surface area contributed by atoms with Crippen molar-refractivity contribution in [2.45, 2.75) is 50.2 Å². The Hall–Kier alpha value is -3.42. The van der Waals surface area contributed by atoms with Gasteiger partial charge in [0.25, 0.3) is 5.91 Å². The largest absolute Gasteiger partial charge is 0.522 e. The molecule has 1 aliphatic carbocycles. The van der Waals surface area contributed by atoms with Crippen LogP contribution in [-0.2, 0) is 17.3 Å². The summed E-state index contributed by atoms with van der Waals surface area (Å²) in [5, 5.41) is 10.2. The molecule has 1 N–H and O–H groups in total. The first-order valence-corrected chi connectivity index (χ1v) is 9.99. The zero-order valence-electron chi connectivity index (χ0n) is 17.3. The second-order valence-electron chi connectivity index (χ2n) is 7.75. The molecule has 0 saturated heterocycles. The highest BCUT2D eigenvalue weighted by Crippen LogP contribution is 2.40. The van der Waals surface area contributed by atoms with Crippen LogP contribution in [0.2, 0.25) is 0 Å². The summed E-state index contributed by atoms with van der Waals surface area (Å²) in [6.07, 6.45) is -7.48. The number of nitrogens with zero attached hydrogens (tertiary/aromatic N) is 4. The lowest BCUT2D eigenvalue weighted by atomic mass is 9.82. The van der Waals surface area contributed by atoms with Crippen molar-refractivity contribution in [2.24, 2.45) is 0 Å². The monoisotopic (exact) mass is 489 g/mol. The maximum absolute atomic E-state index is 12.8. The first kappa shape index (κ1) is 23.7. The lowest BCUT2D eigenvalue weighted by Gasteiger charge is -2.32. The molecule has 0 spiro atoms. The fourth-order valence-electron chi connectivity index (χ4n) is 3.40. The van der Waals surface area contributed by atoms with Crippen molar-refractivity contribution in [3.05, 3.63) is 59.8 Å². The van der Waals surface area contributed by atoms with Gasteiger partial charge in [0.05, 0.1) is 11.7 Å². The zero-order chi connectivity index (χ0) is 24.7. The van der Waals surface area contributed by atoms with Gasteiger partial charge in [0.15, 0.2) is 0 Å². The van der Waals surface area contributed by atoms with Crippen LogP contribution in [0.15, 0.2) is 41.2 Å². The number of amides is 1. The predicted molar refractivity (Wildman–Crippen MR) is 102 cm³/mol. The standard InChI is InChI=1S/C20H17F6N5O3/c1-10(2-5-16-29-30-18(33-16)11-6-13(7-11)34-20(24,25)26)27-17(32)14-9-31-8-12(19(21,22)23)3-4-15(31)28-14/h3-4,8-9,11,13H,1-2,5-7H2,(H,27,32)/t11-,13+. The van der Waals surface area contributed by atoms with Gasteiger partial charge in [0.2, 0.25) is 11.8 Å². The van der Waals surface area contributed by atoms with Crippen LogP contribution in [0.1, 0.15) is 53.0 Å². The number of nitrogens with one attached hydrogen (secondary N) is 1. The Kier molecular flexibility index (Phi) is 6.10. The number of allylic oxidation sites excluding steroid dienone is 1. The molecule has 3 aromatic heterocycles. The Morgan fingerprint density at radius 3 is 2.59 bits per heavy atom. The molecule has 8 nitrogen and oxygen atoms in total. The van der Waals surface area contributed by atoms with Crippen LogP contribution in [0.4, 0.5) is 26.3 Å². The van der Waals surface area contributed by atoms with Crippen LogP contribution < -0.4 is 5.32 Å². The Balaban J connectivity index is 1.27. The molecule has 182 valence electrons. The summed E-state index contributed by atoms with van der Waals surface area (Å²) in [4.78, 5) is 16.4. The van der Waals surface area contributed by atoms with Gasteiger partial charge >= 0.3 is 12.5 Å². The normalized spacial score (nSPS) is 18.6. The maximum Gasteiger partial charge on any atom is 0.522 e. The summed E-state index contributed by atoms with van der Waals surface area (Å²) in [6, 6.07) is 2.02. The molecule has 0 aromatic carbocycles. The topological polar surface area (TPSA) is 94.5 Å². The number of carbonyl (C=O) groups excluding carboxylic acids is 1. The molecule has 1 aliphatic rings. The lowest BCUT2D eigenvalue weighted by Crippen LogP contribution is -2.34. The summed E-state index contributed by atoms with van der Waals surface area (Å²) < 4.78 is 85.6. The number of fused-ring (bicyclic) bond motifs is 1. The molecule has 4 rings (SSSR count). The highest BCUT2D eigenvalue weighted by atomic mass is 19.4. The number of halogens is 6. The van der Waals surface area contributed by atoms with Crippen molar-refractivity contribution < 1.29 is 40.3 Å². The van der Waals surface area contributed by atoms with Crippen molar-refractivity contribution in [2.75, 3.05) is 0 Å². The van der Waals surface area contributed by atoms with Crippen LogP contribution in [0.25, 0.3) is 5.65 Å². The Morgan fingerprint density at radius 2 is 1.91 bits per heavy atom. The third kappa shape index (κ3) is 5.55. The molecule has 3 heterocycles. The minimum absolute atomic E-state index is 0.0961. The quantitative estimate of drug-likeness (QED) is 0.495. The van der Waals surface area contributed by atoms with E-state index in [0.717, 1.165) is 22.7 Å². The first-order valence-electron chi connectivity index (χ1n) is 9.99. The fourth-order valence-corrected chi connectivity index (χ4v) is 3.40. The number of pyridine rings is 1. The number of aromatic nitrogens is 4. The summed E-state index contributed by atoms with van der Waals surface area (Å²) in [5.74, 6) is -0.532. The number of alkyl halides is 6. The molecule has 1 fully saturated rings. The molecular formula is C20H17F6N5O3. The number of carbonyl (C=O) groups is 1. The number of hydrogen-bond donors (Lipinski definition) is 1. The SMILES string of the molecule is C=C(CCc1nnc([C@H]2C[C@@H](OC(F)(F)F)C2)o1)NC(=O)c1cn2cc(C(F)(F)F)ccc2n1. The van der Waals surface area contributed by atoms with E-state index in [0.29, 0.717) is 0 Å². The molecule has 0 bridgehead atoms. The van der Waals surface area contributed by atoms with Crippen molar-refractivity contribution >= 4 is 11.6 Å². The Labute approximate surface area is 187 Å². The third-order valence-corrected chi connectivity index (χ3v) is 5.17. The van der Waals surface area contributed by atoms with Gasteiger partial charge in [0, 0.05) is 30.4 Å². The minimum atomic E-state index is -4.68. The highest BCUT2D eigenvalue weighted by Gasteiger charge is 2.42. The number of aryl methyl sites for hydroxylation is 1. The van der Waals surface area contributed by atoms with E-state index in [2.05, 4.69) is 31.8 Å². The van der Waals surface area contributed by atoms with E-state index in [-0.39, 0.29) is 60.4 Å². The zero-order valence-corrected chi connectivity index (χ0v) is 17.3. The van der Waals surface area contributed by atoms with Gasteiger partial charge in [-0.05, 0) is 31.4 Å². The molecule has 1 amide bonds. The van der Waals surface area contributed by atoms with E-state index in [1.54, 1.807) is 0 Å². The van der Waals surface area contributed by atoms with Gasteiger partial charge in [-0.15, -0.1) is 23.4 Å². The molecular weight excluding hydrogens is 472 g/mol. The van der Waals surface area contributed by atoms with E-state index in [9.17, 15) is 31.1 Å². The second-order valence-corrected chi connectivity index (χ2v) is 7.75. The molecule has 0 atom stereocenters. The Morgan fingerprint density at radius 1 is 1.18 bits per heavy atom. The number of rotatable bonds is 7. The van der Waals surface area contributed by atoms with Crippen LogP contribution in [0, 0.1) is 0 Å². The highest BCUT2D eigenvalue weighted by molar-refractivity contribution is 5.93. The smallest absolute Gasteiger partial charge is 0.425 e. The van der Waals surface area contributed by atoms with Crippen molar-refractivity contribution in [3.63, 3.8) is 0 Å². The fraction of sp³-hybridized carbons (Fsp3) is 0.400. The lowest BCUT2D eigenvalue weighted by molar-refractivity contribution is -0.352. The van der Waals surface area contributed by atoms with Crippen molar-refractivity contribution in [1.82, 2.24) is 24.9 Å². The molecule has 3 aromatic rings. The molecule has 0 unspecified atom stereocenters. The van der Waals surface area contributed by atoms with Gasteiger partial charge in [-0.2, -0.15) is 13.2 Å². The third-order valence-electron chi connectivity index (χ3n) is 5.17. The van der Waals surface area contributed by atoms with Crippen LogP contribution in [0.5, 0.6) is 0 Å². The van der Waals surface area contributed by atoms with Gasteiger partial charge in [-0.3, -0.25) is 9.53 Å². The summed E-state index contributed by atoms with van der Waals surface area (Å²) >= 11 is 0. The minimum Gasteiger partial charge on any atom is -0.425 e. The van der Waals surface area contributed by atoms with E-state index < -0.39 is 30.1 Å². The van der Waals surface area contributed by atoms with Crippen molar-refractivity contribution in [1.29, 1.82) is 0 Å². The van der Waals surface area contributed by atoms with E-state index in [1.807, 2.05) is 0 Å². The van der Waals surface area contributed by atoms with Gasteiger partial charge < -0.3 is 14.1 Å². The van der Waals surface area contributed by atoms with Crippen molar-refractivity contribution in [3.8, 4) is 0 Å². The molecule has 0 radical (unpaired) electrons. The average molecular weight is 489 g/mol. The molecule has 14 heteroatoms.